The van der Waals surface area contributed by atoms with E-state index in [0.717, 1.165) is 18.4 Å². The number of amides is 2. The number of benzene rings is 1. The molecule has 0 radical (unpaired) electrons. The zero-order valence-corrected chi connectivity index (χ0v) is 22.9. The van der Waals surface area contributed by atoms with Gasteiger partial charge in [-0.1, -0.05) is 60.2 Å². The van der Waals surface area contributed by atoms with Gasteiger partial charge in [0.05, 0.1) is 12.1 Å². The van der Waals surface area contributed by atoms with E-state index in [-0.39, 0.29) is 60.8 Å². The average molecular weight is 562 g/mol. The molecule has 0 bridgehead atoms. The minimum Gasteiger partial charge on any atom is -0.388 e. The fourth-order valence-electron chi connectivity index (χ4n) is 6.09. The summed E-state index contributed by atoms with van der Waals surface area (Å²) < 4.78 is 2.91. The monoisotopic (exact) mass is 561 g/mol. The third kappa shape index (κ3) is 4.57. The molecule has 2 saturated heterocycles. The summed E-state index contributed by atoms with van der Waals surface area (Å²) in [6.45, 7) is 1.74. The Hall–Kier alpha value is -3.69. The van der Waals surface area contributed by atoms with Gasteiger partial charge in [-0.05, 0) is 43.4 Å². The highest BCUT2D eigenvalue weighted by Crippen LogP contribution is 2.44. The third-order valence-electron chi connectivity index (χ3n) is 8.48. The predicted molar refractivity (Wildman–Crippen MR) is 151 cm³/mol. The molecule has 6 rings (SSSR count). The number of rotatable bonds is 5. The highest BCUT2D eigenvalue weighted by Gasteiger charge is 2.53. The number of aromatic nitrogens is 3. The molecule has 1 aliphatic carbocycles. The summed E-state index contributed by atoms with van der Waals surface area (Å²) >= 11 is 6.91. The van der Waals surface area contributed by atoms with E-state index in [9.17, 15) is 19.5 Å². The lowest BCUT2D eigenvalue weighted by molar-refractivity contribution is -0.152. The van der Waals surface area contributed by atoms with Crippen molar-refractivity contribution in [2.24, 2.45) is 5.41 Å². The predicted octanol–water partition coefficient (Wildman–Crippen LogP) is 2.93. The van der Waals surface area contributed by atoms with Crippen molar-refractivity contribution in [2.45, 2.75) is 43.7 Å². The summed E-state index contributed by atoms with van der Waals surface area (Å²) in [5.41, 5.74) is -1.59. The fraction of sp³-hybridized carbons (Fsp3) is 0.400. The van der Waals surface area contributed by atoms with Gasteiger partial charge in [-0.3, -0.25) is 19.0 Å². The number of fused-ring (bicyclic) bond motifs is 1. The van der Waals surface area contributed by atoms with Crippen LogP contribution in [0.4, 0.5) is 0 Å². The van der Waals surface area contributed by atoms with Crippen LogP contribution in [-0.4, -0.2) is 72.7 Å². The van der Waals surface area contributed by atoms with Crippen molar-refractivity contribution >= 4 is 28.9 Å². The van der Waals surface area contributed by atoms with Gasteiger partial charge in [0, 0.05) is 43.3 Å². The van der Waals surface area contributed by atoms with Crippen LogP contribution < -0.4 is 5.56 Å². The molecule has 2 fully saturated rings. The molecule has 0 saturated carbocycles. The number of likely N-dealkylation sites (tertiary alicyclic amines) is 2. The van der Waals surface area contributed by atoms with Gasteiger partial charge >= 0.3 is 0 Å². The zero-order valence-electron chi connectivity index (χ0n) is 22.2. The smallest absolute Gasteiger partial charge is 0.277 e. The van der Waals surface area contributed by atoms with Crippen LogP contribution in [0.5, 0.6) is 0 Å². The first-order valence-corrected chi connectivity index (χ1v) is 14.1. The van der Waals surface area contributed by atoms with Crippen molar-refractivity contribution in [3.63, 3.8) is 0 Å². The van der Waals surface area contributed by atoms with Crippen LogP contribution in [0.3, 0.4) is 0 Å². The molecule has 4 heterocycles. The van der Waals surface area contributed by atoms with E-state index in [1.165, 1.54) is 15.4 Å². The van der Waals surface area contributed by atoms with Crippen LogP contribution in [0.1, 0.15) is 37.2 Å². The molecule has 1 N–H and O–H groups in total. The van der Waals surface area contributed by atoms with Gasteiger partial charge in [-0.2, -0.15) is 5.10 Å². The number of allylic oxidation sites excluding steroid dienone is 2. The highest BCUT2D eigenvalue weighted by molar-refractivity contribution is 6.36. The van der Waals surface area contributed by atoms with Gasteiger partial charge in [0.15, 0.2) is 5.41 Å². The first-order valence-electron chi connectivity index (χ1n) is 13.8. The number of hydrogen-bond acceptors (Lipinski definition) is 5. The van der Waals surface area contributed by atoms with Crippen LogP contribution >= 0.6 is 11.6 Å². The topological polar surface area (TPSA) is 100 Å². The summed E-state index contributed by atoms with van der Waals surface area (Å²) in [7, 11) is 0. The van der Waals surface area contributed by atoms with E-state index in [1.807, 2.05) is 36.4 Å². The summed E-state index contributed by atoms with van der Waals surface area (Å²) in [6.07, 6.45) is 10.8. The first-order chi connectivity index (χ1) is 19.3. The van der Waals surface area contributed by atoms with E-state index in [0.29, 0.717) is 18.6 Å². The largest absolute Gasteiger partial charge is 0.388 e. The molecule has 40 heavy (non-hydrogen) atoms. The maximum Gasteiger partial charge on any atom is 0.277 e. The number of piperidine rings is 1. The van der Waals surface area contributed by atoms with Gasteiger partial charge in [0.25, 0.3) is 5.56 Å². The molecule has 208 valence electrons. The number of aliphatic hydroxyl groups is 1. The van der Waals surface area contributed by atoms with Crippen LogP contribution in [0, 0.1) is 5.41 Å². The minimum atomic E-state index is -1.62. The molecular formula is C30H32ClN5O4. The lowest BCUT2D eigenvalue weighted by Crippen LogP contribution is -2.57. The van der Waals surface area contributed by atoms with Crippen LogP contribution in [0.2, 0.25) is 0 Å². The normalized spacial score (nSPS) is 24.4. The molecule has 10 heteroatoms. The maximum atomic E-state index is 14.2. The third-order valence-corrected chi connectivity index (χ3v) is 8.90. The Kier molecular flexibility index (Phi) is 6.88. The van der Waals surface area contributed by atoms with E-state index in [1.54, 1.807) is 40.3 Å². The Labute approximate surface area is 236 Å². The van der Waals surface area contributed by atoms with Gasteiger partial charge in [0.2, 0.25) is 11.8 Å². The Morgan fingerprint density at radius 1 is 0.975 bits per heavy atom. The second kappa shape index (κ2) is 10.4. The number of halogens is 1. The highest BCUT2D eigenvalue weighted by atomic mass is 35.5. The number of hydrogen-bond donors (Lipinski definition) is 1. The second-order valence-corrected chi connectivity index (χ2v) is 11.4. The summed E-state index contributed by atoms with van der Waals surface area (Å²) in [5.74, 6) is -0.806. The molecule has 2 atom stereocenters. The molecule has 2 aromatic heterocycles. The number of carbonyl (C=O) groups excluding carboxylic acids is 2. The van der Waals surface area contributed by atoms with Gasteiger partial charge in [-0.25, -0.2) is 4.52 Å². The molecule has 2 aliphatic heterocycles. The fourth-order valence-corrected chi connectivity index (χ4v) is 6.45. The zero-order chi connectivity index (χ0) is 27.9. The summed E-state index contributed by atoms with van der Waals surface area (Å²) in [5, 5.41) is 15.8. The lowest BCUT2D eigenvalue weighted by atomic mass is 9.76. The van der Waals surface area contributed by atoms with Crippen LogP contribution in [-0.2, 0) is 16.1 Å². The van der Waals surface area contributed by atoms with Crippen molar-refractivity contribution in [3.05, 3.63) is 94.2 Å². The number of nitrogens with zero attached hydrogens (tertiary/aromatic N) is 5. The van der Waals surface area contributed by atoms with E-state index >= 15 is 0 Å². The van der Waals surface area contributed by atoms with Crippen molar-refractivity contribution in [1.29, 1.82) is 0 Å². The Bertz CT molecular complexity index is 1550. The quantitative estimate of drug-likeness (QED) is 0.381. The molecule has 2 unspecified atom stereocenters. The molecule has 9 nitrogen and oxygen atoms in total. The lowest BCUT2D eigenvalue weighted by Gasteiger charge is -2.43. The average Bonchev–Trinajstić information content (AvgIpc) is 3.68. The number of carbonyl (C=O) groups is 2. The molecule has 1 aromatic carbocycles. The second-order valence-electron chi connectivity index (χ2n) is 11.0. The van der Waals surface area contributed by atoms with Crippen LogP contribution in [0.15, 0.2) is 83.0 Å². The summed E-state index contributed by atoms with van der Waals surface area (Å²) in [4.78, 5) is 44.4. The maximum absolute atomic E-state index is 14.2. The van der Waals surface area contributed by atoms with Crippen LogP contribution in [0.25, 0.3) is 5.52 Å². The minimum absolute atomic E-state index is 0.0692. The van der Waals surface area contributed by atoms with Gasteiger partial charge in [0.1, 0.15) is 11.8 Å². The van der Waals surface area contributed by atoms with Gasteiger partial charge < -0.3 is 14.9 Å². The van der Waals surface area contributed by atoms with Crippen molar-refractivity contribution in [1.82, 2.24) is 24.0 Å². The molecule has 0 spiro atoms. The standard InChI is InChI=1S/C30H32ClN5O4/c31-25-19-23(22-7-2-1-3-8-22)10-11-30(25,27(38)33-14-4-5-15-33)28(39)34-17-12-29(40,13-18-34)20-35-21-32-36-16-6-9-24(36)26(35)37/h1-3,6-11,16,19,21,23,40H,4-5,12-15,17-18,20H2. The van der Waals surface area contributed by atoms with Crippen molar-refractivity contribution < 1.29 is 14.7 Å². The molecule has 3 aliphatic rings. The van der Waals surface area contributed by atoms with E-state index in [2.05, 4.69) is 5.10 Å². The van der Waals surface area contributed by atoms with E-state index in [4.69, 9.17) is 11.6 Å². The molecule has 3 aromatic rings. The van der Waals surface area contributed by atoms with E-state index < -0.39 is 11.0 Å². The van der Waals surface area contributed by atoms with Crippen molar-refractivity contribution in [3.8, 4) is 0 Å². The first kappa shape index (κ1) is 26.5. The SMILES string of the molecule is O=C(N1CCCC1)C1(C(=O)N2CCC(O)(Cn3cnn4cccc4c3=O)CC2)C=CC(c2ccccc2)C=C1Cl. The Morgan fingerprint density at radius 2 is 1.65 bits per heavy atom. The Balaban J connectivity index is 1.23. The van der Waals surface area contributed by atoms with Crippen molar-refractivity contribution in [2.75, 3.05) is 26.2 Å². The summed E-state index contributed by atoms with van der Waals surface area (Å²) in [6, 6.07) is 13.3. The molecular weight excluding hydrogens is 530 g/mol. The Morgan fingerprint density at radius 3 is 2.33 bits per heavy atom. The van der Waals surface area contributed by atoms with Gasteiger partial charge in [-0.15, -0.1) is 0 Å². The molecule has 2 amide bonds.